The summed E-state index contributed by atoms with van der Waals surface area (Å²) in [7, 11) is -2.87. The van der Waals surface area contributed by atoms with Gasteiger partial charge in [0.2, 0.25) is 0 Å². The van der Waals surface area contributed by atoms with E-state index in [1.807, 2.05) is 45.2 Å². The van der Waals surface area contributed by atoms with Gasteiger partial charge in [-0.3, -0.25) is 0 Å². The molecule has 128 valence electrons. The monoisotopic (exact) mass is 565 g/mol. The van der Waals surface area contributed by atoms with Gasteiger partial charge in [0, 0.05) is 23.2 Å². The van der Waals surface area contributed by atoms with Crippen molar-refractivity contribution in [3.63, 3.8) is 0 Å². The van der Waals surface area contributed by atoms with Crippen molar-refractivity contribution in [3.05, 3.63) is 24.8 Å². The van der Waals surface area contributed by atoms with E-state index in [9.17, 15) is 18.3 Å². The van der Waals surface area contributed by atoms with E-state index in [0.29, 0.717) is 33.2 Å². The molecule has 1 N–H and O–H groups in total. The van der Waals surface area contributed by atoms with Crippen LogP contribution in [0.2, 0.25) is 0 Å². The molecular weight excluding hydrogens is 548 g/mol. The minimum absolute atomic E-state index is 0.0521. The standard InChI is InChI=1S/C14H17I2NO5S/c15-10-2-3-11(16)13(18)12(10)14(19)22-7-1-4-17-5-8-23(20,21)9-6-17/h2-3,18H,1,4-9H2. The lowest BCUT2D eigenvalue weighted by atomic mass is 10.2. The highest BCUT2D eigenvalue weighted by molar-refractivity contribution is 14.1. The van der Waals surface area contributed by atoms with Crippen LogP contribution in [-0.4, -0.2) is 62.1 Å². The van der Waals surface area contributed by atoms with Crippen molar-refractivity contribution in [3.8, 4) is 5.75 Å². The highest BCUT2D eigenvalue weighted by Gasteiger charge is 2.22. The van der Waals surface area contributed by atoms with Crippen LogP contribution in [0.3, 0.4) is 0 Å². The van der Waals surface area contributed by atoms with Gasteiger partial charge in [-0.1, -0.05) is 0 Å². The molecule has 0 amide bonds. The Hall–Kier alpha value is -0.140. The van der Waals surface area contributed by atoms with Gasteiger partial charge in [-0.15, -0.1) is 0 Å². The van der Waals surface area contributed by atoms with Gasteiger partial charge in [0.05, 0.1) is 21.7 Å². The van der Waals surface area contributed by atoms with E-state index in [-0.39, 0.29) is 29.4 Å². The molecule has 0 atom stereocenters. The largest absolute Gasteiger partial charge is 0.506 e. The number of esters is 1. The fourth-order valence-electron chi connectivity index (χ4n) is 2.23. The first-order valence-electron chi connectivity index (χ1n) is 7.07. The number of rotatable bonds is 5. The molecule has 0 aliphatic carbocycles. The Kier molecular flexibility index (Phi) is 6.92. The minimum atomic E-state index is -2.87. The summed E-state index contributed by atoms with van der Waals surface area (Å²) in [4.78, 5) is 14.1. The molecule has 1 aromatic rings. The van der Waals surface area contributed by atoms with Crippen LogP contribution in [0.5, 0.6) is 5.75 Å². The normalized spacial score (nSPS) is 17.8. The van der Waals surface area contributed by atoms with E-state index in [1.54, 1.807) is 12.1 Å². The van der Waals surface area contributed by atoms with Gasteiger partial charge < -0.3 is 14.7 Å². The van der Waals surface area contributed by atoms with Crippen LogP contribution >= 0.6 is 45.2 Å². The van der Waals surface area contributed by atoms with Crippen LogP contribution in [0.15, 0.2) is 12.1 Å². The Bertz CT molecular complexity index is 679. The van der Waals surface area contributed by atoms with Gasteiger partial charge in [-0.05, 0) is 63.7 Å². The third kappa shape index (κ3) is 5.43. The van der Waals surface area contributed by atoms with Crippen molar-refractivity contribution in [2.75, 3.05) is 37.7 Å². The van der Waals surface area contributed by atoms with Gasteiger partial charge in [0.1, 0.15) is 11.3 Å². The lowest BCUT2D eigenvalue weighted by molar-refractivity contribution is 0.0484. The van der Waals surface area contributed by atoms with Crippen molar-refractivity contribution in [2.24, 2.45) is 0 Å². The molecule has 1 aliphatic rings. The molecule has 1 aliphatic heterocycles. The smallest absolute Gasteiger partial charge is 0.343 e. The molecular formula is C14H17I2NO5S. The maximum absolute atomic E-state index is 12.1. The molecule has 0 unspecified atom stereocenters. The fraction of sp³-hybridized carbons (Fsp3) is 0.500. The molecule has 9 heteroatoms. The topological polar surface area (TPSA) is 83.9 Å². The number of nitrogens with zero attached hydrogens (tertiary/aromatic N) is 1. The van der Waals surface area contributed by atoms with Crippen LogP contribution < -0.4 is 0 Å². The zero-order valence-electron chi connectivity index (χ0n) is 12.3. The molecule has 1 heterocycles. The fourth-order valence-corrected chi connectivity index (χ4v) is 4.62. The number of carbonyl (C=O) groups is 1. The second kappa shape index (κ2) is 8.30. The summed E-state index contributed by atoms with van der Waals surface area (Å²) in [6.07, 6.45) is 0.632. The average Bonchev–Trinajstić information content (AvgIpc) is 2.49. The molecule has 23 heavy (non-hydrogen) atoms. The summed E-state index contributed by atoms with van der Waals surface area (Å²) >= 11 is 3.95. The number of hydrogen-bond donors (Lipinski definition) is 1. The van der Waals surface area contributed by atoms with Crippen molar-refractivity contribution in [1.82, 2.24) is 4.90 Å². The third-order valence-electron chi connectivity index (χ3n) is 3.57. The van der Waals surface area contributed by atoms with Crippen molar-refractivity contribution in [1.29, 1.82) is 0 Å². The van der Waals surface area contributed by atoms with Gasteiger partial charge in [-0.25, -0.2) is 13.2 Å². The quantitative estimate of drug-likeness (QED) is 0.334. The molecule has 1 aromatic carbocycles. The summed E-state index contributed by atoms with van der Waals surface area (Å²) in [5.41, 5.74) is 0.196. The number of benzene rings is 1. The van der Waals surface area contributed by atoms with Gasteiger partial charge >= 0.3 is 5.97 Å². The van der Waals surface area contributed by atoms with Crippen molar-refractivity contribution >= 4 is 61.0 Å². The van der Waals surface area contributed by atoms with E-state index in [1.165, 1.54) is 0 Å². The van der Waals surface area contributed by atoms with Crippen LogP contribution in [0.25, 0.3) is 0 Å². The van der Waals surface area contributed by atoms with Crippen LogP contribution in [0, 0.1) is 7.14 Å². The summed E-state index contributed by atoms with van der Waals surface area (Å²) < 4.78 is 29.2. The molecule has 6 nitrogen and oxygen atoms in total. The molecule has 0 aromatic heterocycles. The van der Waals surface area contributed by atoms with E-state index < -0.39 is 15.8 Å². The number of aromatic hydroxyl groups is 1. The maximum Gasteiger partial charge on any atom is 0.343 e. The highest BCUT2D eigenvalue weighted by atomic mass is 127. The Morgan fingerprint density at radius 3 is 2.48 bits per heavy atom. The maximum atomic E-state index is 12.1. The Balaban J connectivity index is 1.79. The lowest BCUT2D eigenvalue weighted by Crippen LogP contribution is -2.40. The Labute approximate surface area is 162 Å². The number of carbonyl (C=O) groups excluding carboxylic acids is 1. The predicted octanol–water partition coefficient (Wildman–Crippen LogP) is 1.88. The molecule has 1 saturated heterocycles. The second-order valence-electron chi connectivity index (χ2n) is 5.24. The number of sulfone groups is 1. The number of hydrogen-bond acceptors (Lipinski definition) is 6. The third-order valence-corrected chi connectivity index (χ3v) is 6.95. The number of ether oxygens (including phenoxy) is 1. The first kappa shape index (κ1) is 19.2. The van der Waals surface area contributed by atoms with E-state index in [4.69, 9.17) is 4.74 Å². The van der Waals surface area contributed by atoms with Crippen LogP contribution in [0.1, 0.15) is 16.8 Å². The summed E-state index contributed by atoms with van der Waals surface area (Å²) in [6, 6.07) is 3.49. The number of halogens is 2. The predicted molar refractivity (Wildman–Crippen MR) is 104 cm³/mol. The minimum Gasteiger partial charge on any atom is -0.506 e. The zero-order chi connectivity index (χ0) is 17.0. The second-order valence-corrected chi connectivity index (χ2v) is 9.86. The lowest BCUT2D eigenvalue weighted by Gasteiger charge is -2.26. The molecule has 2 rings (SSSR count). The summed E-state index contributed by atoms with van der Waals surface area (Å²) in [5.74, 6) is -0.196. The number of phenolic OH excluding ortho intramolecular Hbond substituents is 1. The van der Waals surface area contributed by atoms with Gasteiger partial charge in [0.25, 0.3) is 0 Å². The van der Waals surface area contributed by atoms with E-state index in [2.05, 4.69) is 4.90 Å². The SMILES string of the molecule is O=C(OCCCN1CCS(=O)(=O)CC1)c1c(I)ccc(I)c1O. The molecule has 0 spiro atoms. The zero-order valence-corrected chi connectivity index (χ0v) is 17.4. The Morgan fingerprint density at radius 2 is 1.83 bits per heavy atom. The molecule has 1 fully saturated rings. The average molecular weight is 565 g/mol. The van der Waals surface area contributed by atoms with Crippen LogP contribution in [0.4, 0.5) is 0 Å². The highest BCUT2D eigenvalue weighted by Crippen LogP contribution is 2.29. The first-order valence-corrected chi connectivity index (χ1v) is 11.0. The number of phenols is 1. The van der Waals surface area contributed by atoms with E-state index >= 15 is 0 Å². The van der Waals surface area contributed by atoms with Gasteiger partial charge in [-0.2, -0.15) is 0 Å². The molecule has 0 radical (unpaired) electrons. The summed E-state index contributed by atoms with van der Waals surface area (Å²) in [5, 5.41) is 9.98. The molecule has 0 bridgehead atoms. The Morgan fingerprint density at radius 1 is 1.22 bits per heavy atom. The van der Waals surface area contributed by atoms with Gasteiger partial charge in [0.15, 0.2) is 9.84 Å². The van der Waals surface area contributed by atoms with E-state index in [0.717, 1.165) is 0 Å². The van der Waals surface area contributed by atoms with Crippen molar-refractivity contribution < 1.29 is 23.1 Å². The first-order chi connectivity index (χ1) is 10.8. The van der Waals surface area contributed by atoms with Crippen LogP contribution in [-0.2, 0) is 14.6 Å². The van der Waals surface area contributed by atoms with Crippen molar-refractivity contribution in [2.45, 2.75) is 6.42 Å². The molecule has 0 saturated carbocycles. The summed E-state index contributed by atoms with van der Waals surface area (Å²) in [6.45, 7) is 2.00.